The van der Waals surface area contributed by atoms with Crippen molar-refractivity contribution in [3.8, 4) is 0 Å². The van der Waals surface area contributed by atoms with Gasteiger partial charge in [0, 0.05) is 19.2 Å². The number of hydrogen-bond donors (Lipinski definition) is 3. The number of amides is 1. The van der Waals surface area contributed by atoms with Crippen molar-refractivity contribution < 1.29 is 4.79 Å². The lowest BCUT2D eigenvalue weighted by Crippen LogP contribution is -2.41. The Labute approximate surface area is 95.8 Å². The van der Waals surface area contributed by atoms with Crippen LogP contribution in [-0.4, -0.2) is 28.5 Å². The van der Waals surface area contributed by atoms with Gasteiger partial charge in [-0.1, -0.05) is 19.8 Å². The summed E-state index contributed by atoms with van der Waals surface area (Å²) in [6.45, 7) is 2.67. The zero-order valence-electron chi connectivity index (χ0n) is 9.70. The third kappa shape index (κ3) is 4.44. The molecule has 16 heavy (non-hydrogen) atoms. The fraction of sp³-hybridized carbons (Fsp3) is 0.636. The van der Waals surface area contributed by atoms with Crippen LogP contribution in [0, 0.1) is 0 Å². The van der Waals surface area contributed by atoms with Crippen LogP contribution >= 0.6 is 0 Å². The molecule has 1 aromatic rings. The minimum absolute atomic E-state index is 0.0658. The highest BCUT2D eigenvalue weighted by Crippen LogP contribution is 1.98. The van der Waals surface area contributed by atoms with Gasteiger partial charge in [-0.15, -0.1) is 0 Å². The third-order valence-electron chi connectivity index (χ3n) is 2.44. The molecule has 0 radical (unpaired) electrons. The Hall–Kier alpha value is -1.36. The molecule has 1 heterocycles. The predicted molar refractivity (Wildman–Crippen MR) is 62.8 cm³/mol. The van der Waals surface area contributed by atoms with Gasteiger partial charge in [-0.25, -0.2) is 4.98 Å². The molecule has 0 aliphatic heterocycles. The number of nitrogens with zero attached hydrogens (tertiary/aromatic N) is 1. The first-order chi connectivity index (χ1) is 7.74. The smallest absolute Gasteiger partial charge is 0.236 e. The second kappa shape index (κ2) is 7.00. The van der Waals surface area contributed by atoms with Crippen LogP contribution in [0.15, 0.2) is 12.5 Å². The van der Waals surface area contributed by atoms with Gasteiger partial charge in [-0.3, -0.25) is 4.79 Å². The van der Waals surface area contributed by atoms with E-state index in [-0.39, 0.29) is 11.9 Å². The second-order valence-electron chi connectivity index (χ2n) is 3.85. The van der Waals surface area contributed by atoms with E-state index in [0.717, 1.165) is 31.4 Å². The second-order valence-corrected chi connectivity index (χ2v) is 3.85. The first-order valence-electron chi connectivity index (χ1n) is 5.75. The molecule has 1 aromatic heterocycles. The molecule has 0 bridgehead atoms. The molecule has 0 spiro atoms. The first-order valence-corrected chi connectivity index (χ1v) is 5.75. The molecule has 4 N–H and O–H groups in total. The van der Waals surface area contributed by atoms with Gasteiger partial charge in [-0.05, 0) is 6.42 Å². The number of imidazole rings is 1. The van der Waals surface area contributed by atoms with Gasteiger partial charge in [0.2, 0.25) is 5.91 Å². The van der Waals surface area contributed by atoms with E-state index in [4.69, 9.17) is 5.73 Å². The van der Waals surface area contributed by atoms with Crippen molar-refractivity contribution in [1.29, 1.82) is 0 Å². The van der Waals surface area contributed by atoms with E-state index in [9.17, 15) is 4.79 Å². The predicted octanol–water partition coefficient (Wildman–Crippen LogP) is 0.586. The van der Waals surface area contributed by atoms with Crippen LogP contribution in [-0.2, 0) is 11.2 Å². The lowest BCUT2D eigenvalue weighted by Gasteiger charge is -2.10. The van der Waals surface area contributed by atoms with E-state index in [1.54, 1.807) is 6.33 Å². The van der Waals surface area contributed by atoms with E-state index in [0.29, 0.717) is 6.54 Å². The van der Waals surface area contributed by atoms with Crippen LogP contribution < -0.4 is 11.1 Å². The Balaban J connectivity index is 2.14. The van der Waals surface area contributed by atoms with Crippen LogP contribution in [0.5, 0.6) is 0 Å². The number of aromatic amines is 1. The lowest BCUT2D eigenvalue weighted by molar-refractivity contribution is -0.122. The van der Waals surface area contributed by atoms with Crippen LogP contribution in [0.1, 0.15) is 31.9 Å². The molecular weight excluding hydrogens is 204 g/mol. The maximum Gasteiger partial charge on any atom is 0.236 e. The summed E-state index contributed by atoms with van der Waals surface area (Å²) in [5.41, 5.74) is 6.68. The fourth-order valence-corrected chi connectivity index (χ4v) is 1.43. The zero-order valence-corrected chi connectivity index (χ0v) is 9.70. The number of nitrogens with two attached hydrogens (primary N) is 1. The van der Waals surface area contributed by atoms with Gasteiger partial charge in [0.05, 0.1) is 18.1 Å². The molecule has 0 fully saturated rings. The number of nitrogens with one attached hydrogen (secondary N) is 2. The number of H-pyrrole nitrogens is 1. The number of unbranched alkanes of at least 4 members (excludes halogenated alkanes) is 1. The van der Waals surface area contributed by atoms with Crippen molar-refractivity contribution in [2.75, 3.05) is 6.54 Å². The minimum Gasteiger partial charge on any atom is -0.354 e. The van der Waals surface area contributed by atoms with Crippen LogP contribution in [0.3, 0.4) is 0 Å². The largest absolute Gasteiger partial charge is 0.354 e. The summed E-state index contributed by atoms with van der Waals surface area (Å²) in [7, 11) is 0. The van der Waals surface area contributed by atoms with E-state index in [1.807, 2.05) is 6.20 Å². The van der Waals surface area contributed by atoms with E-state index >= 15 is 0 Å². The summed E-state index contributed by atoms with van der Waals surface area (Å²) in [5, 5.41) is 2.81. The molecule has 0 aliphatic carbocycles. The topological polar surface area (TPSA) is 83.8 Å². The van der Waals surface area contributed by atoms with Gasteiger partial charge in [-0.2, -0.15) is 0 Å². The van der Waals surface area contributed by atoms with Crippen molar-refractivity contribution in [1.82, 2.24) is 15.3 Å². The summed E-state index contributed by atoms with van der Waals surface area (Å²) in [6.07, 6.45) is 7.00. The molecule has 0 aliphatic rings. The molecule has 1 rings (SSSR count). The molecule has 1 atom stereocenters. The maximum atomic E-state index is 11.5. The molecule has 1 amide bonds. The van der Waals surface area contributed by atoms with Crippen molar-refractivity contribution in [2.45, 2.75) is 38.6 Å². The quantitative estimate of drug-likeness (QED) is 0.633. The van der Waals surface area contributed by atoms with Gasteiger partial charge >= 0.3 is 0 Å². The molecule has 5 nitrogen and oxygen atoms in total. The van der Waals surface area contributed by atoms with Gasteiger partial charge < -0.3 is 16.0 Å². The molecule has 5 heteroatoms. The zero-order chi connectivity index (χ0) is 11.8. The number of rotatable bonds is 7. The van der Waals surface area contributed by atoms with Gasteiger partial charge in [0.15, 0.2) is 0 Å². The Morgan fingerprint density at radius 3 is 3.12 bits per heavy atom. The fourth-order valence-electron chi connectivity index (χ4n) is 1.43. The standard InChI is InChI=1S/C11H20N4O/c1-2-3-4-10(12)11(16)14-6-5-9-7-13-8-15-9/h7-8,10H,2-6,12H2,1H3,(H,13,15)(H,14,16)/t10-/m0/s1. The highest BCUT2D eigenvalue weighted by molar-refractivity contribution is 5.81. The summed E-state index contributed by atoms with van der Waals surface area (Å²) in [6, 6.07) is -0.376. The lowest BCUT2D eigenvalue weighted by atomic mass is 10.1. The average molecular weight is 224 g/mol. The Morgan fingerprint density at radius 2 is 2.50 bits per heavy atom. The molecule has 0 saturated heterocycles. The average Bonchev–Trinajstić information content (AvgIpc) is 2.78. The van der Waals surface area contributed by atoms with Crippen molar-refractivity contribution in [3.05, 3.63) is 18.2 Å². The first kappa shape index (κ1) is 12.7. The summed E-state index contributed by atoms with van der Waals surface area (Å²) < 4.78 is 0. The normalized spacial score (nSPS) is 12.4. The molecule has 90 valence electrons. The summed E-state index contributed by atoms with van der Waals surface area (Å²) >= 11 is 0. The number of hydrogen-bond acceptors (Lipinski definition) is 3. The number of aromatic nitrogens is 2. The molecule has 0 aromatic carbocycles. The monoisotopic (exact) mass is 224 g/mol. The van der Waals surface area contributed by atoms with Crippen molar-refractivity contribution >= 4 is 5.91 Å². The van der Waals surface area contributed by atoms with Crippen LogP contribution in [0.25, 0.3) is 0 Å². The highest BCUT2D eigenvalue weighted by Gasteiger charge is 2.11. The molecule has 0 saturated carbocycles. The van der Waals surface area contributed by atoms with Gasteiger partial charge in [0.25, 0.3) is 0 Å². The summed E-state index contributed by atoms with van der Waals surface area (Å²) in [5.74, 6) is -0.0658. The number of carbonyl (C=O) groups is 1. The van der Waals surface area contributed by atoms with Crippen LogP contribution in [0.4, 0.5) is 0 Å². The highest BCUT2D eigenvalue weighted by atomic mass is 16.2. The Morgan fingerprint density at radius 1 is 1.69 bits per heavy atom. The summed E-state index contributed by atoms with van der Waals surface area (Å²) in [4.78, 5) is 18.5. The minimum atomic E-state index is -0.376. The van der Waals surface area contributed by atoms with Crippen LogP contribution in [0.2, 0.25) is 0 Å². The maximum absolute atomic E-state index is 11.5. The van der Waals surface area contributed by atoms with E-state index in [2.05, 4.69) is 22.2 Å². The Bertz CT molecular complexity index is 297. The number of carbonyl (C=O) groups excluding carboxylic acids is 1. The van der Waals surface area contributed by atoms with E-state index in [1.165, 1.54) is 0 Å². The van der Waals surface area contributed by atoms with Gasteiger partial charge in [0.1, 0.15) is 0 Å². The van der Waals surface area contributed by atoms with E-state index < -0.39 is 0 Å². The van der Waals surface area contributed by atoms with Crippen molar-refractivity contribution in [2.24, 2.45) is 5.73 Å². The molecule has 0 unspecified atom stereocenters. The SMILES string of the molecule is CCCC[C@H](N)C(=O)NCCc1c[nH]cn1. The van der Waals surface area contributed by atoms with Crippen molar-refractivity contribution in [3.63, 3.8) is 0 Å². The third-order valence-corrected chi connectivity index (χ3v) is 2.44. The Kier molecular flexibility index (Phi) is 5.56. The molecular formula is C11H20N4O.